The molecule has 4 rings (SSSR count). The summed E-state index contributed by atoms with van der Waals surface area (Å²) in [6.07, 6.45) is 3.93. The van der Waals surface area contributed by atoms with Gasteiger partial charge in [-0.2, -0.15) is 0 Å². The maximum Gasteiger partial charge on any atom is 0.255 e. The smallest absolute Gasteiger partial charge is 0.255 e. The highest BCUT2D eigenvalue weighted by atomic mass is 35.5. The molecule has 0 saturated carbocycles. The van der Waals surface area contributed by atoms with Gasteiger partial charge in [-0.15, -0.1) is 0 Å². The van der Waals surface area contributed by atoms with Crippen molar-refractivity contribution in [1.29, 1.82) is 0 Å². The fraction of sp³-hybridized carbons (Fsp3) is 0.417. The molecule has 0 radical (unpaired) electrons. The molecule has 0 bridgehead atoms. The van der Waals surface area contributed by atoms with Crippen molar-refractivity contribution in [3.05, 3.63) is 64.4 Å². The van der Waals surface area contributed by atoms with Crippen molar-refractivity contribution in [2.24, 2.45) is 5.92 Å². The maximum absolute atomic E-state index is 13.3. The molecule has 2 saturated heterocycles. The lowest BCUT2D eigenvalue weighted by atomic mass is 9.98. The Kier molecular flexibility index (Phi) is 6.76. The van der Waals surface area contributed by atoms with Crippen LogP contribution in [-0.4, -0.2) is 54.4 Å². The topological polar surface area (TPSA) is 49.9 Å². The van der Waals surface area contributed by atoms with Crippen molar-refractivity contribution in [3.8, 4) is 5.75 Å². The van der Waals surface area contributed by atoms with Crippen molar-refractivity contribution < 1.29 is 18.7 Å². The molecule has 2 aliphatic rings. The van der Waals surface area contributed by atoms with Crippen LogP contribution in [0.5, 0.6) is 5.75 Å². The molecule has 2 amide bonds. The van der Waals surface area contributed by atoms with Crippen molar-refractivity contribution in [2.45, 2.75) is 25.7 Å². The molecule has 0 N–H and O–H groups in total. The van der Waals surface area contributed by atoms with Crippen molar-refractivity contribution in [3.63, 3.8) is 0 Å². The Balaban J connectivity index is 1.35. The number of likely N-dealkylation sites (tertiary alicyclic amines) is 2. The molecule has 2 heterocycles. The summed E-state index contributed by atoms with van der Waals surface area (Å²) in [7, 11) is 0. The summed E-state index contributed by atoms with van der Waals surface area (Å²) in [6, 6.07) is 11.2. The lowest BCUT2D eigenvalue weighted by molar-refractivity contribution is 0.0632. The van der Waals surface area contributed by atoms with Crippen LogP contribution in [0.3, 0.4) is 0 Å². The highest BCUT2D eigenvalue weighted by molar-refractivity contribution is 6.33. The minimum Gasteiger partial charge on any atom is -0.493 e. The average Bonchev–Trinajstić information content (AvgIpc) is 3.32. The number of hydrogen-bond donors (Lipinski definition) is 0. The van der Waals surface area contributed by atoms with Gasteiger partial charge >= 0.3 is 0 Å². The van der Waals surface area contributed by atoms with Gasteiger partial charge in [-0.05, 0) is 62.1 Å². The van der Waals surface area contributed by atoms with Crippen LogP contribution in [0.4, 0.5) is 4.39 Å². The van der Waals surface area contributed by atoms with Gasteiger partial charge in [0.05, 0.1) is 17.2 Å². The minimum absolute atomic E-state index is 0.0496. The monoisotopic (exact) mass is 444 g/mol. The number of amides is 2. The zero-order valence-electron chi connectivity index (χ0n) is 17.4. The number of carbonyl (C=O) groups excluding carboxylic acids is 2. The van der Waals surface area contributed by atoms with Gasteiger partial charge in [0, 0.05) is 37.7 Å². The molecule has 2 aromatic carbocycles. The van der Waals surface area contributed by atoms with E-state index in [2.05, 4.69) is 0 Å². The lowest BCUT2D eigenvalue weighted by Gasteiger charge is -2.33. The second kappa shape index (κ2) is 9.69. The fourth-order valence-corrected chi connectivity index (χ4v) is 4.50. The van der Waals surface area contributed by atoms with Crippen molar-refractivity contribution in [1.82, 2.24) is 9.80 Å². The average molecular weight is 445 g/mol. The molecule has 164 valence electrons. The number of rotatable bonds is 5. The van der Waals surface area contributed by atoms with E-state index in [1.54, 1.807) is 11.0 Å². The Morgan fingerprint density at radius 2 is 1.77 bits per heavy atom. The molecule has 5 nitrogen and oxygen atoms in total. The minimum atomic E-state index is -0.461. The Hall–Kier alpha value is -2.60. The number of halogens is 2. The maximum atomic E-state index is 13.3. The zero-order chi connectivity index (χ0) is 21.8. The van der Waals surface area contributed by atoms with Crippen LogP contribution < -0.4 is 4.74 Å². The first kappa shape index (κ1) is 21.6. The third-order valence-electron chi connectivity index (χ3n) is 5.93. The van der Waals surface area contributed by atoms with Gasteiger partial charge < -0.3 is 14.5 Å². The molecule has 1 unspecified atom stereocenters. The van der Waals surface area contributed by atoms with E-state index in [0.717, 1.165) is 44.8 Å². The summed E-state index contributed by atoms with van der Waals surface area (Å²) in [5.41, 5.74) is 0.962. The van der Waals surface area contributed by atoms with Crippen LogP contribution in [0, 0.1) is 11.7 Å². The normalized spacial score (nSPS) is 18.8. The van der Waals surface area contributed by atoms with E-state index in [1.807, 2.05) is 23.1 Å². The largest absolute Gasteiger partial charge is 0.493 e. The second-order valence-electron chi connectivity index (χ2n) is 8.22. The summed E-state index contributed by atoms with van der Waals surface area (Å²) >= 11 is 6.07. The summed E-state index contributed by atoms with van der Waals surface area (Å²) in [4.78, 5) is 29.1. The first-order valence-corrected chi connectivity index (χ1v) is 11.2. The van der Waals surface area contributed by atoms with Gasteiger partial charge in [0.2, 0.25) is 0 Å². The molecule has 2 aromatic rings. The fourth-order valence-electron chi connectivity index (χ4n) is 4.25. The van der Waals surface area contributed by atoms with Gasteiger partial charge in [-0.1, -0.05) is 17.7 Å². The summed E-state index contributed by atoms with van der Waals surface area (Å²) in [6.45, 7) is 3.28. The highest BCUT2D eigenvalue weighted by Gasteiger charge is 2.26. The van der Waals surface area contributed by atoms with Gasteiger partial charge in [-0.3, -0.25) is 9.59 Å². The SMILES string of the molecule is O=C(c1cccc(OCC2CCCN(C(=O)c3ccc(F)cc3Cl)C2)c1)N1CCCC1. The van der Waals surface area contributed by atoms with E-state index in [-0.39, 0.29) is 22.8 Å². The molecule has 7 heteroatoms. The lowest BCUT2D eigenvalue weighted by Crippen LogP contribution is -2.41. The first-order chi connectivity index (χ1) is 15.0. The van der Waals surface area contributed by atoms with Gasteiger partial charge in [0.15, 0.2) is 0 Å². The third kappa shape index (κ3) is 5.18. The van der Waals surface area contributed by atoms with Crippen LogP contribution in [0.2, 0.25) is 5.02 Å². The van der Waals surface area contributed by atoms with E-state index in [4.69, 9.17) is 16.3 Å². The number of benzene rings is 2. The van der Waals surface area contributed by atoms with Gasteiger partial charge in [0.1, 0.15) is 11.6 Å². The molecule has 0 aromatic heterocycles. The predicted octanol–water partition coefficient (Wildman–Crippen LogP) is 4.65. The molecular formula is C24H26ClFN2O3. The van der Waals surface area contributed by atoms with Crippen molar-refractivity contribution in [2.75, 3.05) is 32.8 Å². The molecule has 2 fully saturated rings. The van der Waals surface area contributed by atoms with E-state index >= 15 is 0 Å². The van der Waals surface area contributed by atoms with E-state index in [1.165, 1.54) is 12.1 Å². The quantitative estimate of drug-likeness (QED) is 0.674. The van der Waals surface area contributed by atoms with E-state index in [0.29, 0.717) is 36.6 Å². The molecule has 1 atom stereocenters. The molecular weight excluding hydrogens is 419 g/mol. The zero-order valence-corrected chi connectivity index (χ0v) is 18.1. The van der Waals surface area contributed by atoms with E-state index in [9.17, 15) is 14.0 Å². The number of nitrogens with zero attached hydrogens (tertiary/aromatic N) is 2. The number of piperidine rings is 1. The molecule has 0 aliphatic carbocycles. The molecule has 31 heavy (non-hydrogen) atoms. The van der Waals surface area contributed by atoms with Crippen LogP contribution in [-0.2, 0) is 0 Å². The van der Waals surface area contributed by atoms with E-state index < -0.39 is 5.82 Å². The Bertz CT molecular complexity index is 962. The van der Waals surface area contributed by atoms with Crippen LogP contribution in [0.25, 0.3) is 0 Å². The summed E-state index contributed by atoms with van der Waals surface area (Å²) in [5.74, 6) is 0.239. The van der Waals surface area contributed by atoms with Gasteiger partial charge in [-0.25, -0.2) is 4.39 Å². The highest BCUT2D eigenvalue weighted by Crippen LogP contribution is 2.24. The Morgan fingerprint density at radius 1 is 1.00 bits per heavy atom. The predicted molar refractivity (Wildman–Crippen MR) is 117 cm³/mol. The van der Waals surface area contributed by atoms with Crippen LogP contribution in [0.1, 0.15) is 46.4 Å². The molecule has 0 spiro atoms. The summed E-state index contributed by atoms with van der Waals surface area (Å²) in [5, 5.41) is 0.128. The van der Waals surface area contributed by atoms with Crippen LogP contribution >= 0.6 is 11.6 Å². The Labute approximate surface area is 186 Å². The third-order valence-corrected chi connectivity index (χ3v) is 6.24. The Morgan fingerprint density at radius 3 is 2.55 bits per heavy atom. The first-order valence-electron chi connectivity index (χ1n) is 10.8. The standard InChI is InChI=1S/C24H26ClFN2O3/c25-22-14-19(26)8-9-21(22)24(30)28-12-4-5-17(15-28)16-31-20-7-3-6-18(13-20)23(29)27-10-1-2-11-27/h3,6-9,13-14,17H,1-2,4-5,10-12,15-16H2. The molecule has 2 aliphatic heterocycles. The number of carbonyl (C=O) groups is 2. The second-order valence-corrected chi connectivity index (χ2v) is 8.63. The van der Waals surface area contributed by atoms with Crippen LogP contribution in [0.15, 0.2) is 42.5 Å². The number of ether oxygens (including phenoxy) is 1. The number of hydrogen-bond acceptors (Lipinski definition) is 3. The van der Waals surface area contributed by atoms with Gasteiger partial charge in [0.25, 0.3) is 11.8 Å². The summed E-state index contributed by atoms with van der Waals surface area (Å²) < 4.78 is 19.3. The van der Waals surface area contributed by atoms with Crippen molar-refractivity contribution >= 4 is 23.4 Å².